The molecule has 1 aromatic rings. The molecule has 0 spiro atoms. The fourth-order valence-electron chi connectivity index (χ4n) is 4.01. The summed E-state index contributed by atoms with van der Waals surface area (Å²) in [4.78, 5) is 21.7. The summed E-state index contributed by atoms with van der Waals surface area (Å²) in [6, 6.07) is 8.67. The summed E-state index contributed by atoms with van der Waals surface area (Å²) in [5.74, 6) is 0.0777. The van der Waals surface area contributed by atoms with E-state index in [1.807, 2.05) is 28.8 Å². The lowest BCUT2D eigenvalue weighted by Gasteiger charge is -2.35. The molecular formula is C21H31N3OS. The number of rotatable bonds is 3. The zero-order valence-corrected chi connectivity index (χ0v) is 17.3. The van der Waals surface area contributed by atoms with Crippen LogP contribution in [0.4, 0.5) is 5.69 Å². The summed E-state index contributed by atoms with van der Waals surface area (Å²) in [5.41, 5.74) is 2.16. The van der Waals surface area contributed by atoms with Gasteiger partial charge in [0.2, 0.25) is 5.91 Å². The van der Waals surface area contributed by atoms with E-state index in [4.69, 9.17) is 4.99 Å². The van der Waals surface area contributed by atoms with Crippen LogP contribution in [-0.2, 0) is 4.79 Å². The van der Waals surface area contributed by atoms with Gasteiger partial charge in [0.15, 0.2) is 5.17 Å². The van der Waals surface area contributed by atoms with Crippen LogP contribution in [-0.4, -0.2) is 40.5 Å². The molecule has 0 N–H and O–H groups in total. The molecule has 0 bridgehead atoms. The van der Waals surface area contributed by atoms with Crippen molar-refractivity contribution in [2.24, 2.45) is 4.99 Å². The maximum absolute atomic E-state index is 12.5. The highest BCUT2D eigenvalue weighted by molar-refractivity contribution is 8.14. The van der Waals surface area contributed by atoms with Crippen molar-refractivity contribution in [1.29, 1.82) is 0 Å². The second-order valence-electron chi connectivity index (χ2n) is 7.63. The molecule has 1 aliphatic heterocycles. The Bertz CT molecular complexity index is 650. The number of benzene rings is 1. The number of carbonyl (C=O) groups is 1. The first-order valence-corrected chi connectivity index (χ1v) is 10.7. The molecular weight excluding hydrogens is 342 g/mol. The van der Waals surface area contributed by atoms with Gasteiger partial charge in [0.1, 0.15) is 6.17 Å². The monoisotopic (exact) mass is 373 g/mol. The van der Waals surface area contributed by atoms with Crippen LogP contribution in [0.3, 0.4) is 0 Å². The molecule has 1 amide bonds. The maximum atomic E-state index is 12.5. The fraction of sp³-hybridized carbons (Fsp3) is 0.619. The Balaban J connectivity index is 1.84. The van der Waals surface area contributed by atoms with Crippen LogP contribution < -0.4 is 4.90 Å². The van der Waals surface area contributed by atoms with Gasteiger partial charge < -0.3 is 4.90 Å². The number of amidine groups is 1. The number of amides is 1. The molecule has 0 radical (unpaired) electrons. The fourth-order valence-corrected chi connectivity index (χ4v) is 5.25. The highest BCUT2D eigenvalue weighted by Crippen LogP contribution is 2.36. The number of anilines is 1. The van der Waals surface area contributed by atoms with Crippen molar-refractivity contribution in [3.63, 3.8) is 0 Å². The van der Waals surface area contributed by atoms with Gasteiger partial charge in [-0.25, -0.2) is 0 Å². The first-order valence-electron chi connectivity index (χ1n) is 9.81. The van der Waals surface area contributed by atoms with Crippen LogP contribution >= 0.6 is 11.8 Å². The van der Waals surface area contributed by atoms with Crippen LogP contribution in [0.15, 0.2) is 29.3 Å². The predicted octanol–water partition coefficient (Wildman–Crippen LogP) is 4.82. The van der Waals surface area contributed by atoms with Gasteiger partial charge in [0.05, 0.1) is 6.04 Å². The largest absolute Gasteiger partial charge is 0.333 e. The molecule has 1 saturated carbocycles. The number of aliphatic imine (C=N–C) groups is 1. The van der Waals surface area contributed by atoms with Crippen molar-refractivity contribution in [3.05, 3.63) is 29.8 Å². The van der Waals surface area contributed by atoms with Crippen molar-refractivity contribution < 1.29 is 4.79 Å². The quantitative estimate of drug-likeness (QED) is 0.713. The lowest BCUT2D eigenvalue weighted by atomic mass is 10.1. The number of aryl methyl sites for hydroxylation is 1. The number of thioether (sulfide) groups is 1. The van der Waals surface area contributed by atoms with E-state index in [2.05, 4.69) is 37.9 Å². The Kier molecular flexibility index (Phi) is 6.28. The SMILES string of the molecule is CC(=O)N(c1ccc(C)cc1)C1C(C)SC(=NC2CCCCCC2)N1C. The van der Waals surface area contributed by atoms with Gasteiger partial charge in [-0.3, -0.25) is 14.7 Å². The van der Waals surface area contributed by atoms with Crippen molar-refractivity contribution in [3.8, 4) is 0 Å². The van der Waals surface area contributed by atoms with Gasteiger partial charge in [-0.1, -0.05) is 55.1 Å². The van der Waals surface area contributed by atoms with Gasteiger partial charge in [-0.15, -0.1) is 0 Å². The van der Waals surface area contributed by atoms with E-state index in [-0.39, 0.29) is 17.3 Å². The van der Waals surface area contributed by atoms with Crippen molar-refractivity contribution in [2.45, 2.75) is 76.8 Å². The molecule has 26 heavy (non-hydrogen) atoms. The van der Waals surface area contributed by atoms with E-state index in [9.17, 15) is 4.79 Å². The first-order chi connectivity index (χ1) is 12.5. The van der Waals surface area contributed by atoms with Gasteiger partial charge in [-0.05, 0) is 38.8 Å². The molecule has 2 aliphatic rings. The molecule has 2 fully saturated rings. The Hall–Kier alpha value is -1.49. The van der Waals surface area contributed by atoms with E-state index in [0.29, 0.717) is 6.04 Å². The van der Waals surface area contributed by atoms with Crippen molar-refractivity contribution in [2.75, 3.05) is 11.9 Å². The standard InChI is InChI=1S/C21H31N3OS/c1-15-11-13-19(14-12-15)24(17(3)25)20-16(2)26-21(23(20)4)22-18-9-7-5-6-8-10-18/h11-14,16,18,20H,5-10H2,1-4H3. The minimum absolute atomic E-state index is 0.00438. The molecule has 142 valence electrons. The molecule has 1 aliphatic carbocycles. The third-order valence-corrected chi connectivity index (χ3v) is 6.66. The maximum Gasteiger partial charge on any atom is 0.225 e. The van der Waals surface area contributed by atoms with Crippen LogP contribution in [0.5, 0.6) is 0 Å². The topological polar surface area (TPSA) is 35.9 Å². The predicted molar refractivity (Wildman–Crippen MR) is 112 cm³/mol. The number of nitrogens with zero attached hydrogens (tertiary/aromatic N) is 3. The summed E-state index contributed by atoms with van der Waals surface area (Å²) >= 11 is 1.81. The molecule has 1 aromatic carbocycles. The summed E-state index contributed by atoms with van der Waals surface area (Å²) in [6.07, 6.45) is 7.67. The lowest BCUT2D eigenvalue weighted by molar-refractivity contribution is -0.117. The molecule has 3 rings (SSSR count). The second kappa shape index (κ2) is 8.47. The molecule has 1 saturated heterocycles. The highest BCUT2D eigenvalue weighted by Gasteiger charge is 2.40. The highest BCUT2D eigenvalue weighted by atomic mass is 32.2. The molecule has 5 heteroatoms. The smallest absolute Gasteiger partial charge is 0.225 e. The molecule has 0 aromatic heterocycles. The summed E-state index contributed by atoms with van der Waals surface area (Å²) in [7, 11) is 2.08. The molecule has 2 unspecified atom stereocenters. The summed E-state index contributed by atoms with van der Waals surface area (Å²) in [5, 5.41) is 1.38. The van der Waals surface area contributed by atoms with E-state index in [1.165, 1.54) is 44.1 Å². The van der Waals surface area contributed by atoms with Crippen LogP contribution in [0.25, 0.3) is 0 Å². The van der Waals surface area contributed by atoms with E-state index < -0.39 is 0 Å². The minimum atomic E-state index is 0.00438. The minimum Gasteiger partial charge on any atom is -0.333 e. The van der Waals surface area contributed by atoms with Crippen LogP contribution in [0.1, 0.15) is 57.9 Å². The van der Waals surface area contributed by atoms with E-state index in [1.54, 1.807) is 6.92 Å². The third kappa shape index (κ3) is 4.25. The number of hydrogen-bond donors (Lipinski definition) is 0. The second-order valence-corrected chi connectivity index (χ2v) is 8.97. The van der Waals surface area contributed by atoms with Crippen molar-refractivity contribution >= 4 is 28.5 Å². The van der Waals surface area contributed by atoms with Crippen LogP contribution in [0, 0.1) is 6.92 Å². The molecule has 4 nitrogen and oxygen atoms in total. The normalized spacial score (nSPS) is 26.2. The van der Waals surface area contributed by atoms with Gasteiger partial charge in [0, 0.05) is 24.9 Å². The zero-order valence-electron chi connectivity index (χ0n) is 16.4. The van der Waals surface area contributed by atoms with Crippen molar-refractivity contribution in [1.82, 2.24) is 4.90 Å². The average molecular weight is 374 g/mol. The number of carbonyl (C=O) groups excluding carboxylic acids is 1. The Morgan fingerprint density at radius 2 is 1.77 bits per heavy atom. The van der Waals surface area contributed by atoms with Gasteiger partial charge >= 0.3 is 0 Å². The van der Waals surface area contributed by atoms with E-state index >= 15 is 0 Å². The Labute approximate surface area is 162 Å². The van der Waals surface area contributed by atoms with E-state index in [0.717, 1.165) is 10.9 Å². The van der Waals surface area contributed by atoms with Gasteiger partial charge in [-0.2, -0.15) is 0 Å². The molecule has 2 atom stereocenters. The zero-order chi connectivity index (χ0) is 18.7. The molecule has 1 heterocycles. The summed E-state index contributed by atoms with van der Waals surface area (Å²) in [6.45, 7) is 5.93. The van der Waals surface area contributed by atoms with Crippen LogP contribution in [0.2, 0.25) is 0 Å². The Morgan fingerprint density at radius 3 is 2.35 bits per heavy atom. The first kappa shape index (κ1) is 19.3. The lowest BCUT2D eigenvalue weighted by Crippen LogP contribution is -2.50. The third-order valence-electron chi connectivity index (χ3n) is 5.44. The number of hydrogen-bond acceptors (Lipinski definition) is 3. The Morgan fingerprint density at radius 1 is 1.15 bits per heavy atom. The van der Waals surface area contributed by atoms with Gasteiger partial charge in [0.25, 0.3) is 0 Å². The summed E-state index contributed by atoms with van der Waals surface area (Å²) < 4.78 is 0. The average Bonchev–Trinajstić information content (AvgIpc) is 2.79.